The molecule has 0 spiro atoms. The van der Waals surface area contributed by atoms with Crippen LogP contribution < -0.4 is 0 Å². The molecule has 0 unspecified atom stereocenters. The van der Waals surface area contributed by atoms with E-state index in [1.165, 1.54) is 0 Å². The van der Waals surface area contributed by atoms with Gasteiger partial charge in [0.05, 0.1) is 23.2 Å². The Bertz CT molecular complexity index is 772. The zero-order valence-electron chi connectivity index (χ0n) is 12.2. The van der Waals surface area contributed by atoms with Gasteiger partial charge in [0, 0.05) is 13.1 Å². The van der Waals surface area contributed by atoms with Gasteiger partial charge in [-0.05, 0) is 24.5 Å². The van der Waals surface area contributed by atoms with Crippen molar-refractivity contribution in [1.29, 1.82) is 0 Å². The zero-order chi connectivity index (χ0) is 15.2. The number of likely N-dealkylation sites (tertiary alicyclic amines) is 1. The molecule has 4 rings (SSSR count). The smallest absolute Gasteiger partial charge is 0.154 e. The number of hydrogen-bond acceptors (Lipinski definition) is 5. The van der Waals surface area contributed by atoms with Crippen molar-refractivity contribution in [3.05, 3.63) is 42.5 Å². The summed E-state index contributed by atoms with van der Waals surface area (Å²) >= 11 is 0. The Balaban J connectivity index is 1.53. The first-order valence-electron chi connectivity index (χ1n) is 7.52. The second-order valence-corrected chi connectivity index (χ2v) is 8.41. The maximum absolute atomic E-state index is 12.0. The number of para-hydroxylation sites is 1. The molecule has 2 aliphatic heterocycles. The van der Waals surface area contributed by atoms with Gasteiger partial charge in [-0.2, -0.15) is 5.10 Å². The molecule has 2 aromatic rings. The van der Waals surface area contributed by atoms with Crippen LogP contribution in [-0.2, 0) is 16.4 Å². The maximum Gasteiger partial charge on any atom is 0.154 e. The van der Waals surface area contributed by atoms with Crippen LogP contribution in [0.15, 0.2) is 36.7 Å². The molecule has 1 aromatic heterocycles. The molecule has 0 bridgehead atoms. The van der Waals surface area contributed by atoms with E-state index in [1.807, 2.05) is 35.0 Å². The third-order valence-electron chi connectivity index (χ3n) is 4.68. The van der Waals surface area contributed by atoms with Gasteiger partial charge in [0.25, 0.3) is 0 Å². The Morgan fingerprint density at radius 3 is 2.77 bits per heavy atom. The van der Waals surface area contributed by atoms with Crippen molar-refractivity contribution in [1.82, 2.24) is 19.7 Å². The molecule has 2 atom stereocenters. The Hall–Kier alpha value is -1.73. The van der Waals surface area contributed by atoms with Crippen molar-refractivity contribution in [2.24, 2.45) is 5.92 Å². The van der Waals surface area contributed by atoms with Crippen molar-refractivity contribution in [3.63, 3.8) is 0 Å². The predicted octanol–water partition coefficient (Wildman–Crippen LogP) is 0.886. The van der Waals surface area contributed by atoms with E-state index in [0.29, 0.717) is 18.8 Å². The largest absolute Gasteiger partial charge is 0.294 e. The summed E-state index contributed by atoms with van der Waals surface area (Å²) < 4.78 is 25.9. The lowest BCUT2D eigenvalue weighted by Gasteiger charge is -2.16. The van der Waals surface area contributed by atoms with E-state index in [0.717, 1.165) is 24.5 Å². The fourth-order valence-corrected chi connectivity index (χ4v) is 5.75. The Morgan fingerprint density at radius 1 is 1.18 bits per heavy atom. The molecular formula is C15H18N4O2S. The van der Waals surface area contributed by atoms with Crippen LogP contribution in [0.25, 0.3) is 5.69 Å². The Labute approximate surface area is 129 Å². The monoisotopic (exact) mass is 318 g/mol. The SMILES string of the molecule is O=S1(=O)CC[C@H]2CN(Cc3ncnn3-c3ccccc3)C[C@H]21. The van der Waals surface area contributed by atoms with Crippen molar-refractivity contribution in [2.45, 2.75) is 18.2 Å². The molecule has 2 saturated heterocycles. The number of nitrogens with zero attached hydrogens (tertiary/aromatic N) is 4. The topological polar surface area (TPSA) is 68.1 Å². The van der Waals surface area contributed by atoms with Gasteiger partial charge in [-0.1, -0.05) is 18.2 Å². The molecule has 1 aromatic carbocycles. The summed E-state index contributed by atoms with van der Waals surface area (Å²) in [6.07, 6.45) is 2.35. The summed E-state index contributed by atoms with van der Waals surface area (Å²) in [5.41, 5.74) is 0.974. The lowest BCUT2D eigenvalue weighted by molar-refractivity contribution is 0.303. The highest BCUT2D eigenvalue weighted by Gasteiger charge is 2.46. The van der Waals surface area contributed by atoms with Crippen LogP contribution in [-0.4, -0.2) is 52.2 Å². The quantitative estimate of drug-likeness (QED) is 0.840. The summed E-state index contributed by atoms with van der Waals surface area (Å²) in [5, 5.41) is 4.11. The van der Waals surface area contributed by atoms with Crippen molar-refractivity contribution < 1.29 is 8.42 Å². The van der Waals surface area contributed by atoms with E-state index in [9.17, 15) is 8.42 Å². The van der Waals surface area contributed by atoms with E-state index in [1.54, 1.807) is 6.33 Å². The van der Waals surface area contributed by atoms with E-state index in [-0.39, 0.29) is 11.2 Å². The lowest BCUT2D eigenvalue weighted by atomic mass is 10.1. The Morgan fingerprint density at radius 2 is 2.00 bits per heavy atom. The van der Waals surface area contributed by atoms with Crippen molar-refractivity contribution in [3.8, 4) is 5.69 Å². The highest BCUT2D eigenvalue weighted by Crippen LogP contribution is 2.34. The third-order valence-corrected chi connectivity index (χ3v) is 6.94. The van der Waals surface area contributed by atoms with Gasteiger partial charge in [0.15, 0.2) is 9.84 Å². The minimum atomic E-state index is -2.88. The van der Waals surface area contributed by atoms with Crippen LogP contribution in [0, 0.1) is 5.92 Å². The number of fused-ring (bicyclic) bond motifs is 1. The van der Waals surface area contributed by atoms with Crippen LogP contribution in [0.3, 0.4) is 0 Å². The van der Waals surface area contributed by atoms with E-state index in [4.69, 9.17) is 0 Å². The summed E-state index contributed by atoms with van der Waals surface area (Å²) in [6.45, 7) is 2.09. The molecule has 0 radical (unpaired) electrons. The number of rotatable bonds is 3. The molecule has 3 heterocycles. The van der Waals surface area contributed by atoms with Crippen LogP contribution in [0.4, 0.5) is 0 Å². The molecule has 6 nitrogen and oxygen atoms in total. The number of aromatic nitrogens is 3. The fraction of sp³-hybridized carbons (Fsp3) is 0.467. The molecule has 2 aliphatic rings. The summed E-state index contributed by atoms with van der Waals surface area (Å²) in [4.78, 5) is 6.54. The average molecular weight is 318 g/mol. The van der Waals surface area contributed by atoms with Gasteiger partial charge < -0.3 is 0 Å². The number of benzene rings is 1. The van der Waals surface area contributed by atoms with Crippen LogP contribution in [0.2, 0.25) is 0 Å². The molecule has 0 N–H and O–H groups in total. The number of sulfone groups is 1. The highest BCUT2D eigenvalue weighted by atomic mass is 32.2. The van der Waals surface area contributed by atoms with Crippen LogP contribution >= 0.6 is 0 Å². The van der Waals surface area contributed by atoms with Gasteiger partial charge in [0.2, 0.25) is 0 Å². The zero-order valence-corrected chi connectivity index (χ0v) is 13.0. The molecule has 2 fully saturated rings. The van der Waals surface area contributed by atoms with Gasteiger partial charge in [-0.15, -0.1) is 0 Å². The molecule has 0 saturated carbocycles. The molecule has 116 valence electrons. The van der Waals surface area contributed by atoms with Gasteiger partial charge in [-0.3, -0.25) is 4.90 Å². The van der Waals surface area contributed by atoms with Gasteiger partial charge in [0.1, 0.15) is 12.2 Å². The lowest BCUT2D eigenvalue weighted by Crippen LogP contribution is -2.27. The average Bonchev–Trinajstić information content (AvgIpc) is 3.19. The van der Waals surface area contributed by atoms with Crippen molar-refractivity contribution in [2.75, 3.05) is 18.8 Å². The summed E-state index contributed by atoms with van der Waals surface area (Å²) in [5.74, 6) is 1.50. The van der Waals surface area contributed by atoms with E-state index < -0.39 is 9.84 Å². The first kappa shape index (κ1) is 13.9. The molecule has 0 aliphatic carbocycles. The van der Waals surface area contributed by atoms with Crippen LogP contribution in [0.1, 0.15) is 12.2 Å². The minimum absolute atomic E-state index is 0.180. The molecule has 0 amide bonds. The van der Waals surface area contributed by atoms with Crippen LogP contribution in [0.5, 0.6) is 0 Å². The second-order valence-electron chi connectivity index (χ2n) is 6.07. The number of hydrogen-bond donors (Lipinski definition) is 0. The van der Waals surface area contributed by atoms with E-state index in [2.05, 4.69) is 15.0 Å². The first-order chi connectivity index (χ1) is 10.6. The minimum Gasteiger partial charge on any atom is -0.294 e. The first-order valence-corrected chi connectivity index (χ1v) is 9.23. The molecule has 22 heavy (non-hydrogen) atoms. The molecular weight excluding hydrogens is 300 g/mol. The Kier molecular flexibility index (Phi) is 3.27. The normalized spacial score (nSPS) is 27.1. The maximum atomic E-state index is 12.0. The highest BCUT2D eigenvalue weighted by molar-refractivity contribution is 7.92. The van der Waals surface area contributed by atoms with E-state index >= 15 is 0 Å². The fourth-order valence-electron chi connectivity index (χ4n) is 3.57. The predicted molar refractivity (Wildman–Crippen MR) is 82.3 cm³/mol. The molecule has 7 heteroatoms. The summed E-state index contributed by atoms with van der Waals surface area (Å²) in [7, 11) is -2.88. The summed E-state index contributed by atoms with van der Waals surface area (Å²) in [6, 6.07) is 9.87. The van der Waals surface area contributed by atoms with Gasteiger partial charge >= 0.3 is 0 Å². The van der Waals surface area contributed by atoms with Crippen molar-refractivity contribution >= 4 is 9.84 Å². The third kappa shape index (κ3) is 2.34. The van der Waals surface area contributed by atoms with Gasteiger partial charge in [-0.25, -0.2) is 18.1 Å². The second kappa shape index (κ2) is 5.17. The standard InChI is InChI=1S/C15H18N4O2S/c20-22(21)7-6-12-8-18(9-14(12)22)10-15-16-11-17-19(15)13-4-2-1-3-5-13/h1-5,11-12,14H,6-10H2/t12-,14+/m0/s1.